The summed E-state index contributed by atoms with van der Waals surface area (Å²) in [6, 6.07) is 4.21. The molecule has 0 heterocycles. The third kappa shape index (κ3) is 3.63. The lowest BCUT2D eigenvalue weighted by molar-refractivity contribution is 0.413. The molecule has 0 atom stereocenters. The van der Waals surface area contributed by atoms with E-state index in [-0.39, 0.29) is 5.54 Å². The minimum Gasteiger partial charge on any atom is -0.495 e. The van der Waals surface area contributed by atoms with Crippen LogP contribution in [0.15, 0.2) is 12.1 Å². The van der Waals surface area contributed by atoms with Gasteiger partial charge in [0.05, 0.1) is 12.8 Å². The molecule has 1 aromatic rings. The molecule has 17 heavy (non-hydrogen) atoms. The lowest BCUT2D eigenvalue weighted by atomic mass is 10.0. The van der Waals surface area contributed by atoms with Crippen LogP contribution in [0.2, 0.25) is 0 Å². The van der Waals surface area contributed by atoms with Gasteiger partial charge in [0.2, 0.25) is 0 Å². The molecule has 0 aliphatic carbocycles. The molecule has 0 aliphatic heterocycles. The quantitative estimate of drug-likeness (QED) is 0.824. The van der Waals surface area contributed by atoms with Crippen molar-refractivity contribution in [3.05, 3.63) is 23.3 Å². The molecule has 3 nitrogen and oxygen atoms in total. The van der Waals surface area contributed by atoms with Gasteiger partial charge in [0, 0.05) is 12.1 Å². The van der Waals surface area contributed by atoms with Crippen molar-refractivity contribution in [3.63, 3.8) is 0 Å². The lowest BCUT2D eigenvalue weighted by Gasteiger charge is -2.25. The van der Waals surface area contributed by atoms with Crippen molar-refractivity contribution in [2.75, 3.05) is 26.0 Å². The summed E-state index contributed by atoms with van der Waals surface area (Å²) in [5.74, 6) is 0.903. The number of hydrogen-bond acceptors (Lipinski definition) is 3. The van der Waals surface area contributed by atoms with Crippen LogP contribution >= 0.6 is 0 Å². The summed E-state index contributed by atoms with van der Waals surface area (Å²) in [5.41, 5.74) is 3.64. The largest absolute Gasteiger partial charge is 0.495 e. The van der Waals surface area contributed by atoms with Gasteiger partial charge < -0.3 is 15.4 Å². The van der Waals surface area contributed by atoms with Crippen molar-refractivity contribution in [2.24, 2.45) is 0 Å². The van der Waals surface area contributed by atoms with Gasteiger partial charge in [-0.1, -0.05) is 0 Å². The summed E-state index contributed by atoms with van der Waals surface area (Å²) in [6.07, 6.45) is 0. The summed E-state index contributed by atoms with van der Waals surface area (Å²) < 4.78 is 5.40. The van der Waals surface area contributed by atoms with Gasteiger partial charge in [-0.2, -0.15) is 0 Å². The van der Waals surface area contributed by atoms with E-state index in [1.807, 2.05) is 7.05 Å². The monoisotopic (exact) mass is 236 g/mol. The second kappa shape index (κ2) is 5.41. The second-order valence-electron chi connectivity index (χ2n) is 5.12. The normalized spacial score (nSPS) is 11.4. The van der Waals surface area contributed by atoms with E-state index in [9.17, 15) is 0 Å². The summed E-state index contributed by atoms with van der Waals surface area (Å²) in [4.78, 5) is 0. The van der Waals surface area contributed by atoms with Crippen molar-refractivity contribution in [3.8, 4) is 5.75 Å². The fourth-order valence-corrected chi connectivity index (χ4v) is 1.50. The lowest BCUT2D eigenvalue weighted by Crippen LogP contribution is -2.42. The Morgan fingerprint density at radius 2 is 1.76 bits per heavy atom. The molecule has 0 aromatic heterocycles. The highest BCUT2D eigenvalue weighted by molar-refractivity contribution is 5.60. The van der Waals surface area contributed by atoms with Crippen molar-refractivity contribution < 1.29 is 4.74 Å². The molecule has 0 aliphatic rings. The van der Waals surface area contributed by atoms with Crippen molar-refractivity contribution >= 4 is 5.69 Å². The maximum absolute atomic E-state index is 5.40. The fraction of sp³-hybridized carbons (Fsp3) is 0.571. The zero-order valence-electron chi connectivity index (χ0n) is 11.8. The highest BCUT2D eigenvalue weighted by Crippen LogP contribution is 2.28. The van der Waals surface area contributed by atoms with Gasteiger partial charge in [0.15, 0.2) is 0 Å². The fourth-order valence-electron chi connectivity index (χ4n) is 1.50. The number of anilines is 1. The summed E-state index contributed by atoms with van der Waals surface area (Å²) in [7, 11) is 3.68. The van der Waals surface area contributed by atoms with E-state index in [0.29, 0.717) is 0 Å². The van der Waals surface area contributed by atoms with Gasteiger partial charge in [-0.3, -0.25) is 0 Å². The average Bonchev–Trinajstić information content (AvgIpc) is 2.30. The average molecular weight is 236 g/mol. The van der Waals surface area contributed by atoms with Gasteiger partial charge in [-0.05, 0) is 58.0 Å². The number of rotatable bonds is 5. The van der Waals surface area contributed by atoms with Crippen LogP contribution in [-0.4, -0.2) is 26.2 Å². The van der Waals surface area contributed by atoms with E-state index in [1.165, 1.54) is 11.1 Å². The van der Waals surface area contributed by atoms with E-state index in [0.717, 1.165) is 18.0 Å². The number of benzene rings is 1. The Labute approximate surface area is 105 Å². The first-order valence-electron chi connectivity index (χ1n) is 5.97. The molecular weight excluding hydrogens is 212 g/mol. The van der Waals surface area contributed by atoms with Crippen LogP contribution in [0.5, 0.6) is 5.75 Å². The molecule has 0 saturated heterocycles. The summed E-state index contributed by atoms with van der Waals surface area (Å²) in [5, 5.41) is 6.71. The third-order valence-corrected chi connectivity index (χ3v) is 3.21. The van der Waals surface area contributed by atoms with Crippen LogP contribution in [-0.2, 0) is 0 Å². The second-order valence-corrected chi connectivity index (χ2v) is 5.12. The van der Waals surface area contributed by atoms with Crippen molar-refractivity contribution in [2.45, 2.75) is 33.2 Å². The Hall–Kier alpha value is -1.22. The summed E-state index contributed by atoms with van der Waals surface area (Å²) >= 11 is 0. The van der Waals surface area contributed by atoms with E-state index in [1.54, 1.807) is 7.11 Å². The molecular formula is C14H24N2O. The maximum atomic E-state index is 5.40. The third-order valence-electron chi connectivity index (χ3n) is 3.21. The Balaban J connectivity index is 2.87. The van der Waals surface area contributed by atoms with Crippen LogP contribution in [0.4, 0.5) is 5.69 Å². The maximum Gasteiger partial charge on any atom is 0.142 e. The molecule has 0 bridgehead atoms. The number of hydrogen-bond donors (Lipinski definition) is 2. The van der Waals surface area contributed by atoms with E-state index in [4.69, 9.17) is 4.74 Å². The Kier molecular flexibility index (Phi) is 4.40. The van der Waals surface area contributed by atoms with Gasteiger partial charge in [-0.25, -0.2) is 0 Å². The Morgan fingerprint density at radius 1 is 1.18 bits per heavy atom. The van der Waals surface area contributed by atoms with E-state index >= 15 is 0 Å². The number of ether oxygens (including phenoxy) is 1. The minimum atomic E-state index is 0.0593. The number of nitrogens with one attached hydrogen (secondary N) is 2. The van der Waals surface area contributed by atoms with Gasteiger partial charge >= 0.3 is 0 Å². The SMILES string of the molecule is CNC(C)(C)CNc1cc(C)c(C)cc1OC. The molecule has 0 saturated carbocycles. The molecule has 0 radical (unpaired) electrons. The zero-order chi connectivity index (χ0) is 13.1. The molecule has 1 rings (SSSR count). The highest BCUT2D eigenvalue weighted by Gasteiger charge is 2.15. The standard InChI is InChI=1S/C14H24N2O/c1-10-7-12(13(17-6)8-11(10)2)16-9-14(3,4)15-5/h7-8,15-16H,9H2,1-6H3. The molecule has 0 spiro atoms. The smallest absolute Gasteiger partial charge is 0.142 e. The number of likely N-dealkylation sites (N-methyl/N-ethyl adjacent to an activating group) is 1. The Morgan fingerprint density at radius 3 is 2.29 bits per heavy atom. The van der Waals surface area contributed by atoms with Crippen LogP contribution < -0.4 is 15.4 Å². The predicted octanol–water partition coefficient (Wildman–Crippen LogP) is 2.72. The van der Waals surface area contributed by atoms with Crippen LogP contribution in [0.3, 0.4) is 0 Å². The van der Waals surface area contributed by atoms with Crippen LogP contribution in [0.1, 0.15) is 25.0 Å². The Bertz CT molecular complexity index is 386. The molecule has 0 unspecified atom stereocenters. The topological polar surface area (TPSA) is 33.3 Å². The first kappa shape index (κ1) is 13.8. The number of methoxy groups -OCH3 is 1. The highest BCUT2D eigenvalue weighted by atomic mass is 16.5. The first-order valence-corrected chi connectivity index (χ1v) is 5.97. The minimum absolute atomic E-state index is 0.0593. The zero-order valence-corrected chi connectivity index (χ0v) is 11.8. The predicted molar refractivity (Wildman–Crippen MR) is 74.1 cm³/mol. The molecule has 0 fully saturated rings. The van der Waals surface area contributed by atoms with Crippen molar-refractivity contribution in [1.82, 2.24) is 5.32 Å². The van der Waals surface area contributed by atoms with Gasteiger partial charge in [0.25, 0.3) is 0 Å². The molecule has 3 heteroatoms. The number of aryl methyl sites for hydroxylation is 2. The van der Waals surface area contributed by atoms with E-state index in [2.05, 4.69) is 50.5 Å². The molecule has 1 aromatic carbocycles. The molecule has 0 amide bonds. The van der Waals surface area contributed by atoms with Gasteiger partial charge in [-0.15, -0.1) is 0 Å². The van der Waals surface area contributed by atoms with Crippen LogP contribution in [0, 0.1) is 13.8 Å². The van der Waals surface area contributed by atoms with Gasteiger partial charge in [0.1, 0.15) is 5.75 Å². The summed E-state index contributed by atoms with van der Waals surface area (Å²) in [6.45, 7) is 9.38. The molecule has 2 N–H and O–H groups in total. The van der Waals surface area contributed by atoms with Crippen LogP contribution in [0.25, 0.3) is 0 Å². The van der Waals surface area contributed by atoms with Crippen molar-refractivity contribution in [1.29, 1.82) is 0 Å². The van der Waals surface area contributed by atoms with E-state index < -0.39 is 0 Å². The first-order chi connectivity index (χ1) is 7.89. The molecule has 96 valence electrons.